The van der Waals surface area contributed by atoms with E-state index in [1.807, 2.05) is 48.5 Å². The fourth-order valence-electron chi connectivity index (χ4n) is 2.45. The van der Waals surface area contributed by atoms with Crippen molar-refractivity contribution in [2.45, 2.75) is 71.9 Å². The molecule has 0 saturated carbocycles. The first-order chi connectivity index (χ1) is 8.49. The summed E-state index contributed by atoms with van der Waals surface area (Å²) in [6.45, 7) is 13.0. The first-order valence-corrected chi connectivity index (χ1v) is 6.80. The fraction of sp³-hybridized carbons (Fsp3) is 0.929. The van der Waals surface area contributed by atoms with Gasteiger partial charge < -0.3 is 14.6 Å². The van der Waals surface area contributed by atoms with Crippen molar-refractivity contribution in [2.24, 2.45) is 5.92 Å². The number of amides is 1. The van der Waals surface area contributed by atoms with Crippen molar-refractivity contribution >= 4 is 6.09 Å². The molecule has 0 aromatic heterocycles. The lowest BCUT2D eigenvalue weighted by molar-refractivity contribution is -0.0865. The fourth-order valence-corrected chi connectivity index (χ4v) is 2.45. The van der Waals surface area contributed by atoms with E-state index in [1.165, 1.54) is 4.90 Å². The minimum Gasteiger partial charge on any atom is -0.444 e. The van der Waals surface area contributed by atoms with Crippen LogP contribution in [-0.4, -0.2) is 46.2 Å². The molecule has 0 aromatic rings. The zero-order valence-corrected chi connectivity index (χ0v) is 13.1. The normalized spacial score (nSPS) is 26.9. The Balaban J connectivity index is 2.99. The van der Waals surface area contributed by atoms with Gasteiger partial charge in [-0.1, -0.05) is 13.8 Å². The molecule has 0 bridgehead atoms. The van der Waals surface area contributed by atoms with Crippen molar-refractivity contribution in [3.05, 3.63) is 0 Å². The number of hydrogen-bond donors (Lipinski definition) is 1. The molecule has 0 radical (unpaired) electrons. The highest BCUT2D eigenvalue weighted by Crippen LogP contribution is 2.36. The monoisotopic (exact) mass is 273 g/mol. The van der Waals surface area contributed by atoms with Crippen LogP contribution in [0.2, 0.25) is 0 Å². The highest BCUT2D eigenvalue weighted by atomic mass is 16.6. The number of carbonyl (C=O) groups excluding carboxylic acids is 1. The van der Waals surface area contributed by atoms with Crippen LogP contribution in [0.1, 0.15) is 48.5 Å². The highest BCUT2D eigenvalue weighted by Gasteiger charge is 2.51. The maximum Gasteiger partial charge on any atom is 0.412 e. The van der Waals surface area contributed by atoms with E-state index in [1.54, 1.807) is 0 Å². The quantitative estimate of drug-likeness (QED) is 0.839. The van der Waals surface area contributed by atoms with Crippen molar-refractivity contribution in [3.63, 3.8) is 0 Å². The Morgan fingerprint density at radius 3 is 2.32 bits per heavy atom. The summed E-state index contributed by atoms with van der Waals surface area (Å²) in [5.74, 6) is 0.212. The predicted octanol–water partition coefficient (Wildman–Crippen LogP) is 2.38. The van der Waals surface area contributed by atoms with Gasteiger partial charge in [0.2, 0.25) is 0 Å². The molecule has 1 saturated heterocycles. The molecule has 0 aliphatic carbocycles. The van der Waals surface area contributed by atoms with Gasteiger partial charge in [-0.3, -0.25) is 4.90 Å². The van der Waals surface area contributed by atoms with Crippen molar-refractivity contribution in [1.82, 2.24) is 4.90 Å². The molecule has 1 N–H and O–H groups in total. The molecule has 2 atom stereocenters. The lowest BCUT2D eigenvalue weighted by Crippen LogP contribution is -2.51. The number of rotatable bonds is 2. The zero-order chi connectivity index (χ0) is 15.0. The molecule has 5 heteroatoms. The molecule has 5 nitrogen and oxygen atoms in total. The van der Waals surface area contributed by atoms with Gasteiger partial charge >= 0.3 is 6.09 Å². The van der Waals surface area contributed by atoms with E-state index in [0.29, 0.717) is 0 Å². The third-order valence-electron chi connectivity index (χ3n) is 3.15. The molecule has 0 unspecified atom stereocenters. The van der Waals surface area contributed by atoms with E-state index in [2.05, 4.69) is 0 Å². The molecule has 1 aliphatic rings. The summed E-state index contributed by atoms with van der Waals surface area (Å²) >= 11 is 0. The Labute approximate surface area is 115 Å². The standard InChI is InChI=1S/C14H27NO4/c1-9(2)11-10(8-16)15(14(6,7)18-11)12(17)19-13(3,4)5/h9-11,16H,8H2,1-7H3/t10-,11+/m0/s1. The van der Waals surface area contributed by atoms with Crippen molar-refractivity contribution in [3.8, 4) is 0 Å². The van der Waals surface area contributed by atoms with Gasteiger partial charge in [0, 0.05) is 0 Å². The van der Waals surface area contributed by atoms with E-state index in [9.17, 15) is 9.90 Å². The van der Waals surface area contributed by atoms with E-state index < -0.39 is 17.4 Å². The third-order valence-corrected chi connectivity index (χ3v) is 3.15. The van der Waals surface area contributed by atoms with Crippen LogP contribution in [0.25, 0.3) is 0 Å². The second-order valence-corrected chi connectivity index (χ2v) is 6.87. The van der Waals surface area contributed by atoms with Crippen LogP contribution in [0.4, 0.5) is 4.79 Å². The summed E-state index contributed by atoms with van der Waals surface area (Å²) in [7, 11) is 0. The second kappa shape index (κ2) is 5.29. The second-order valence-electron chi connectivity index (χ2n) is 6.87. The van der Waals surface area contributed by atoms with Crippen LogP contribution in [-0.2, 0) is 9.47 Å². The van der Waals surface area contributed by atoms with Gasteiger partial charge in [-0.15, -0.1) is 0 Å². The van der Waals surface area contributed by atoms with Crippen molar-refractivity contribution in [2.75, 3.05) is 6.61 Å². The lowest BCUT2D eigenvalue weighted by atomic mass is 10.0. The van der Waals surface area contributed by atoms with Gasteiger partial charge in [-0.25, -0.2) is 4.79 Å². The third kappa shape index (κ3) is 3.60. The van der Waals surface area contributed by atoms with Crippen molar-refractivity contribution in [1.29, 1.82) is 0 Å². The first kappa shape index (κ1) is 16.2. The van der Waals surface area contributed by atoms with Crippen LogP contribution in [0.3, 0.4) is 0 Å². The first-order valence-electron chi connectivity index (χ1n) is 6.80. The van der Waals surface area contributed by atoms with E-state index in [-0.39, 0.29) is 24.7 Å². The predicted molar refractivity (Wildman–Crippen MR) is 72.7 cm³/mol. The van der Waals surface area contributed by atoms with Crippen LogP contribution in [0.15, 0.2) is 0 Å². The molecule has 0 aromatic carbocycles. The molecule has 112 valence electrons. The Morgan fingerprint density at radius 2 is 1.95 bits per heavy atom. The number of nitrogens with zero attached hydrogens (tertiary/aromatic N) is 1. The minimum absolute atomic E-state index is 0.133. The van der Waals surface area contributed by atoms with E-state index in [0.717, 1.165) is 0 Å². The molecule has 0 spiro atoms. The Hall–Kier alpha value is -0.810. The number of aliphatic hydroxyl groups excluding tert-OH is 1. The minimum atomic E-state index is -0.773. The zero-order valence-electron chi connectivity index (χ0n) is 13.1. The van der Waals surface area contributed by atoms with Crippen LogP contribution in [0.5, 0.6) is 0 Å². The molecule has 19 heavy (non-hydrogen) atoms. The van der Waals surface area contributed by atoms with Crippen LogP contribution >= 0.6 is 0 Å². The SMILES string of the molecule is CC(C)[C@H]1OC(C)(C)N(C(=O)OC(C)(C)C)[C@H]1CO. The van der Waals surface area contributed by atoms with Gasteiger partial charge in [0.1, 0.15) is 11.3 Å². The van der Waals surface area contributed by atoms with Gasteiger partial charge in [0.05, 0.1) is 18.8 Å². The maximum atomic E-state index is 12.3. The Bertz CT molecular complexity index is 333. The average molecular weight is 273 g/mol. The summed E-state index contributed by atoms with van der Waals surface area (Å²) in [5.41, 5.74) is -1.34. The molecule has 1 heterocycles. The number of ether oxygens (including phenoxy) is 2. The summed E-state index contributed by atoms with van der Waals surface area (Å²) in [5, 5.41) is 9.61. The molecule has 1 fully saturated rings. The summed E-state index contributed by atoms with van der Waals surface area (Å²) < 4.78 is 11.3. The van der Waals surface area contributed by atoms with Gasteiger partial charge in [0.25, 0.3) is 0 Å². The van der Waals surface area contributed by atoms with Crippen molar-refractivity contribution < 1.29 is 19.4 Å². The summed E-state index contributed by atoms with van der Waals surface area (Å²) in [6, 6.07) is -0.371. The Morgan fingerprint density at radius 1 is 1.42 bits per heavy atom. The summed E-state index contributed by atoms with van der Waals surface area (Å²) in [6.07, 6.45) is -0.632. The summed E-state index contributed by atoms with van der Waals surface area (Å²) in [4.78, 5) is 13.8. The number of hydrogen-bond acceptors (Lipinski definition) is 4. The van der Waals surface area contributed by atoms with Crippen LogP contribution in [0, 0.1) is 5.92 Å². The van der Waals surface area contributed by atoms with Gasteiger partial charge in [0.15, 0.2) is 0 Å². The average Bonchev–Trinajstić information content (AvgIpc) is 2.46. The number of carbonyl (C=O) groups is 1. The molecular formula is C14H27NO4. The number of aliphatic hydroxyl groups is 1. The molecule has 1 rings (SSSR count). The topological polar surface area (TPSA) is 59.0 Å². The lowest BCUT2D eigenvalue weighted by Gasteiger charge is -2.34. The highest BCUT2D eigenvalue weighted by molar-refractivity contribution is 5.70. The molecule has 1 aliphatic heterocycles. The van der Waals surface area contributed by atoms with E-state index in [4.69, 9.17) is 9.47 Å². The molecule has 1 amide bonds. The van der Waals surface area contributed by atoms with Gasteiger partial charge in [-0.2, -0.15) is 0 Å². The van der Waals surface area contributed by atoms with Crippen LogP contribution < -0.4 is 0 Å². The Kier molecular flexibility index (Phi) is 4.52. The molecular weight excluding hydrogens is 246 g/mol. The largest absolute Gasteiger partial charge is 0.444 e. The van der Waals surface area contributed by atoms with Gasteiger partial charge in [-0.05, 0) is 40.5 Å². The van der Waals surface area contributed by atoms with E-state index >= 15 is 0 Å². The maximum absolute atomic E-state index is 12.3. The smallest absolute Gasteiger partial charge is 0.412 e.